The van der Waals surface area contributed by atoms with Crippen molar-refractivity contribution in [2.75, 3.05) is 24.9 Å². The molecule has 0 aliphatic carbocycles. The number of aromatic amines is 1. The zero-order valence-electron chi connectivity index (χ0n) is 24.1. The minimum atomic E-state index is -4.10. The molecule has 2 N–H and O–H groups in total. The molecule has 0 unspecified atom stereocenters. The van der Waals surface area contributed by atoms with E-state index in [0.717, 1.165) is 9.87 Å². The van der Waals surface area contributed by atoms with Crippen LogP contribution >= 0.6 is 0 Å². The van der Waals surface area contributed by atoms with Gasteiger partial charge in [-0.3, -0.25) is 19.2 Å². The Bertz CT molecular complexity index is 1990. The molecule has 5 aromatic rings. The second-order valence-corrected chi connectivity index (χ2v) is 12.2. The molecule has 1 heterocycles. The Morgan fingerprint density at radius 1 is 0.955 bits per heavy atom. The van der Waals surface area contributed by atoms with Gasteiger partial charge in [0.25, 0.3) is 15.7 Å². The van der Waals surface area contributed by atoms with Crippen molar-refractivity contribution < 1.29 is 23.2 Å². The number of nitrogens with one attached hydrogen (secondary N) is 1. The standard InChI is InChI=1S/C32H29N5O6S/c1-21-9-16-26(17-10-21)44(42,43)36(20-29(38)35(2)3)24-13-11-23(12-14-24)33-31(22-7-5-4-6-8-22)30-27-19-25(37(40)41)15-18-28(27)34-32(30)39/h4-19,34,39H,20H2,1-3H3. The molecular weight excluding hydrogens is 582 g/mol. The molecule has 44 heavy (non-hydrogen) atoms. The molecule has 0 bridgehead atoms. The number of rotatable bonds is 9. The second-order valence-electron chi connectivity index (χ2n) is 10.3. The van der Waals surface area contributed by atoms with Crippen molar-refractivity contribution in [2.24, 2.45) is 4.99 Å². The number of fused-ring (bicyclic) bond motifs is 1. The highest BCUT2D eigenvalue weighted by atomic mass is 32.2. The van der Waals surface area contributed by atoms with Gasteiger partial charge in [-0.25, -0.2) is 13.4 Å². The lowest BCUT2D eigenvalue weighted by molar-refractivity contribution is -0.384. The number of carbonyl (C=O) groups excluding carboxylic acids is 1. The molecule has 0 atom stereocenters. The fourth-order valence-electron chi connectivity index (χ4n) is 4.62. The van der Waals surface area contributed by atoms with Crippen molar-refractivity contribution in [1.29, 1.82) is 0 Å². The van der Waals surface area contributed by atoms with Gasteiger partial charge in [-0.05, 0) is 49.4 Å². The summed E-state index contributed by atoms with van der Waals surface area (Å²) in [7, 11) is -0.993. The SMILES string of the molecule is Cc1ccc(S(=O)(=O)N(CC(=O)N(C)C)c2ccc(N=C(c3ccccc3)c3c(O)[nH]c4ccc([N+](=O)[O-])cc34)cc2)cc1. The number of benzene rings is 4. The molecular formula is C32H29N5O6S. The van der Waals surface area contributed by atoms with E-state index in [-0.39, 0.29) is 27.7 Å². The maximum atomic E-state index is 13.7. The number of nitrogens with zero attached hydrogens (tertiary/aromatic N) is 4. The summed E-state index contributed by atoms with van der Waals surface area (Å²) >= 11 is 0. The van der Waals surface area contributed by atoms with Crippen LogP contribution in [-0.4, -0.2) is 60.6 Å². The molecule has 0 saturated carbocycles. The first-order valence-corrected chi connectivity index (χ1v) is 14.9. The molecule has 5 rings (SSSR count). The third kappa shape index (κ3) is 6.01. The van der Waals surface area contributed by atoms with Crippen LogP contribution in [0.25, 0.3) is 10.9 Å². The van der Waals surface area contributed by atoms with Gasteiger partial charge in [0, 0.05) is 42.7 Å². The average molecular weight is 612 g/mol. The maximum absolute atomic E-state index is 13.7. The van der Waals surface area contributed by atoms with Crippen molar-refractivity contribution >= 4 is 49.6 Å². The number of hydrogen-bond donors (Lipinski definition) is 2. The van der Waals surface area contributed by atoms with Crippen LogP contribution in [0.4, 0.5) is 17.1 Å². The van der Waals surface area contributed by atoms with Crippen LogP contribution in [0, 0.1) is 17.0 Å². The number of aromatic nitrogens is 1. The van der Waals surface area contributed by atoms with Crippen LogP contribution in [0.15, 0.2) is 107 Å². The van der Waals surface area contributed by atoms with Gasteiger partial charge in [0.1, 0.15) is 6.54 Å². The highest BCUT2D eigenvalue weighted by Crippen LogP contribution is 2.34. The Hall–Kier alpha value is -5.49. The summed E-state index contributed by atoms with van der Waals surface area (Å²) in [5.74, 6) is -0.615. The summed E-state index contributed by atoms with van der Waals surface area (Å²) in [6.45, 7) is 1.44. The van der Waals surface area contributed by atoms with Gasteiger partial charge in [-0.2, -0.15) is 0 Å². The number of likely N-dealkylation sites (N-methyl/N-ethyl adjacent to an activating group) is 1. The second kappa shape index (κ2) is 12.0. The van der Waals surface area contributed by atoms with E-state index >= 15 is 0 Å². The van der Waals surface area contributed by atoms with Gasteiger partial charge in [0.05, 0.1) is 32.5 Å². The number of anilines is 1. The number of non-ortho nitro benzene ring substituents is 1. The first kappa shape index (κ1) is 30.0. The minimum Gasteiger partial charge on any atom is -0.494 e. The first-order valence-electron chi connectivity index (χ1n) is 13.5. The van der Waals surface area contributed by atoms with Gasteiger partial charge in [-0.15, -0.1) is 0 Å². The number of H-pyrrole nitrogens is 1. The van der Waals surface area contributed by atoms with Crippen molar-refractivity contribution in [1.82, 2.24) is 9.88 Å². The summed E-state index contributed by atoms with van der Waals surface area (Å²) in [4.78, 5) is 32.7. The van der Waals surface area contributed by atoms with Crippen molar-refractivity contribution in [2.45, 2.75) is 11.8 Å². The molecule has 224 valence electrons. The van der Waals surface area contributed by atoms with Crippen LogP contribution in [0.1, 0.15) is 16.7 Å². The van der Waals surface area contributed by atoms with Crippen LogP contribution in [0.2, 0.25) is 0 Å². The molecule has 1 amide bonds. The summed E-state index contributed by atoms with van der Waals surface area (Å²) in [6.07, 6.45) is 0. The Morgan fingerprint density at radius 2 is 1.61 bits per heavy atom. The van der Waals surface area contributed by atoms with E-state index in [0.29, 0.717) is 27.9 Å². The molecule has 0 aliphatic rings. The van der Waals surface area contributed by atoms with E-state index in [1.165, 1.54) is 35.2 Å². The third-order valence-corrected chi connectivity index (χ3v) is 8.81. The van der Waals surface area contributed by atoms with Crippen molar-refractivity contribution in [3.8, 4) is 5.88 Å². The zero-order chi connectivity index (χ0) is 31.6. The summed E-state index contributed by atoms with van der Waals surface area (Å²) in [5.41, 5.74) is 3.17. The van der Waals surface area contributed by atoms with E-state index in [2.05, 4.69) is 4.98 Å². The molecule has 0 radical (unpaired) electrons. The molecule has 4 aromatic carbocycles. The van der Waals surface area contributed by atoms with Crippen LogP contribution in [-0.2, 0) is 14.8 Å². The summed E-state index contributed by atoms with van der Waals surface area (Å²) in [6, 6.07) is 26.0. The number of aromatic hydroxyl groups is 1. The number of carbonyl (C=O) groups is 1. The topological polar surface area (TPSA) is 149 Å². The Balaban J connectivity index is 1.61. The highest BCUT2D eigenvalue weighted by Gasteiger charge is 2.28. The quantitative estimate of drug-likeness (QED) is 0.127. The number of aryl methyl sites for hydroxylation is 1. The highest BCUT2D eigenvalue weighted by molar-refractivity contribution is 7.92. The van der Waals surface area contributed by atoms with Crippen molar-refractivity contribution in [3.05, 3.63) is 124 Å². The lowest BCUT2D eigenvalue weighted by Crippen LogP contribution is -2.40. The Morgan fingerprint density at radius 3 is 2.23 bits per heavy atom. The molecule has 0 aliphatic heterocycles. The molecule has 0 fully saturated rings. The fourth-order valence-corrected chi connectivity index (χ4v) is 6.03. The lowest BCUT2D eigenvalue weighted by Gasteiger charge is -2.25. The number of nitro groups is 1. The van der Waals surface area contributed by atoms with Crippen molar-refractivity contribution in [3.63, 3.8) is 0 Å². The fraction of sp³-hybridized carbons (Fsp3) is 0.125. The zero-order valence-corrected chi connectivity index (χ0v) is 24.9. The van der Waals surface area contributed by atoms with Gasteiger partial charge in [0.15, 0.2) is 5.88 Å². The Labute approximate surface area is 253 Å². The van der Waals surface area contributed by atoms with Gasteiger partial charge in [0.2, 0.25) is 5.91 Å². The van der Waals surface area contributed by atoms with E-state index in [4.69, 9.17) is 4.99 Å². The van der Waals surface area contributed by atoms with Crippen LogP contribution in [0.3, 0.4) is 0 Å². The third-order valence-electron chi connectivity index (χ3n) is 7.02. The lowest BCUT2D eigenvalue weighted by atomic mass is 10.0. The first-order chi connectivity index (χ1) is 21.0. The smallest absolute Gasteiger partial charge is 0.270 e. The van der Waals surface area contributed by atoms with Crippen LogP contribution in [0.5, 0.6) is 5.88 Å². The average Bonchev–Trinajstić information content (AvgIpc) is 3.34. The molecule has 11 nitrogen and oxygen atoms in total. The largest absolute Gasteiger partial charge is 0.494 e. The predicted molar refractivity (Wildman–Crippen MR) is 169 cm³/mol. The minimum absolute atomic E-state index is 0.0482. The van der Waals surface area contributed by atoms with Gasteiger partial charge < -0.3 is 15.0 Å². The van der Waals surface area contributed by atoms with Crippen LogP contribution < -0.4 is 4.31 Å². The number of aliphatic imine (C=N–C) groups is 1. The van der Waals surface area contributed by atoms with E-state index in [1.54, 1.807) is 74.8 Å². The van der Waals surface area contributed by atoms with Gasteiger partial charge in [-0.1, -0.05) is 48.0 Å². The van der Waals surface area contributed by atoms with E-state index in [9.17, 15) is 28.4 Å². The Kier molecular flexibility index (Phi) is 8.19. The summed E-state index contributed by atoms with van der Waals surface area (Å²) < 4.78 is 28.4. The predicted octanol–water partition coefficient (Wildman–Crippen LogP) is 5.54. The number of amides is 1. The molecule has 1 aromatic heterocycles. The van der Waals surface area contributed by atoms with E-state index < -0.39 is 27.4 Å². The number of sulfonamides is 1. The van der Waals surface area contributed by atoms with E-state index in [1.807, 2.05) is 13.0 Å². The molecule has 12 heteroatoms. The normalized spacial score (nSPS) is 11.8. The summed E-state index contributed by atoms with van der Waals surface area (Å²) in [5, 5.41) is 22.8. The maximum Gasteiger partial charge on any atom is 0.270 e. The number of nitro benzene ring substituents is 1. The number of hydrogen-bond acceptors (Lipinski definition) is 7. The van der Waals surface area contributed by atoms with Gasteiger partial charge >= 0.3 is 0 Å². The molecule has 0 saturated heterocycles. The monoisotopic (exact) mass is 611 g/mol. The molecule has 0 spiro atoms.